The van der Waals surface area contributed by atoms with Gasteiger partial charge in [0, 0.05) is 13.1 Å². The quantitative estimate of drug-likeness (QED) is 0.777. The molecule has 2 rings (SSSR count). The fourth-order valence-electron chi connectivity index (χ4n) is 2.24. The molecule has 1 atom stereocenters. The smallest absolute Gasteiger partial charge is 0.236 e. The zero-order chi connectivity index (χ0) is 13.8. The van der Waals surface area contributed by atoms with Crippen LogP contribution in [0.2, 0.25) is 0 Å². The second kappa shape index (κ2) is 6.38. The van der Waals surface area contributed by atoms with Crippen molar-refractivity contribution in [3.63, 3.8) is 0 Å². The lowest BCUT2D eigenvalue weighted by atomic mass is 9.99. The number of nitrogens with zero attached hydrogens (tertiary/aromatic N) is 1. The average molecular weight is 322 g/mol. The van der Waals surface area contributed by atoms with Crippen LogP contribution in [-0.4, -0.2) is 28.7 Å². The van der Waals surface area contributed by atoms with E-state index >= 15 is 0 Å². The molecule has 3 heteroatoms. The lowest BCUT2D eigenvalue weighted by molar-refractivity contribution is -0.130. The first-order chi connectivity index (χ1) is 9.09. The van der Waals surface area contributed by atoms with E-state index in [1.54, 1.807) is 0 Å². The molecule has 0 aliphatic carbocycles. The maximum absolute atomic E-state index is 12.2. The van der Waals surface area contributed by atoms with E-state index in [0.29, 0.717) is 5.92 Å². The van der Waals surface area contributed by atoms with Gasteiger partial charge in [-0.2, -0.15) is 0 Å². The summed E-state index contributed by atoms with van der Waals surface area (Å²) in [6, 6.07) is 10.4. The van der Waals surface area contributed by atoms with Gasteiger partial charge in [0.1, 0.15) is 0 Å². The number of carbonyl (C=O) groups excluding carboxylic acids is 1. The molecular weight excluding hydrogens is 302 g/mol. The van der Waals surface area contributed by atoms with E-state index in [2.05, 4.69) is 60.1 Å². The molecular formula is C16H20BrNO. The van der Waals surface area contributed by atoms with Crippen molar-refractivity contribution in [3.05, 3.63) is 42.0 Å². The van der Waals surface area contributed by atoms with Crippen LogP contribution >= 0.6 is 15.9 Å². The topological polar surface area (TPSA) is 20.3 Å². The third-order valence-corrected chi connectivity index (χ3v) is 4.94. The molecule has 0 bridgehead atoms. The van der Waals surface area contributed by atoms with Gasteiger partial charge in [-0.05, 0) is 23.5 Å². The maximum Gasteiger partial charge on any atom is 0.236 e. The molecule has 1 aromatic carbocycles. The molecule has 1 unspecified atom stereocenters. The molecule has 1 aliphatic heterocycles. The summed E-state index contributed by atoms with van der Waals surface area (Å²) < 4.78 is 0. The lowest BCUT2D eigenvalue weighted by Crippen LogP contribution is -2.41. The Balaban J connectivity index is 2.02. The molecule has 19 heavy (non-hydrogen) atoms. The predicted octanol–water partition coefficient (Wildman–Crippen LogP) is 3.72. The van der Waals surface area contributed by atoms with Crippen LogP contribution in [0, 0.1) is 5.92 Å². The number of hydrogen-bond acceptors (Lipinski definition) is 1. The van der Waals surface area contributed by atoms with Crippen LogP contribution in [0.25, 0.3) is 5.57 Å². The number of rotatable bonds is 3. The van der Waals surface area contributed by atoms with E-state index in [1.807, 2.05) is 11.0 Å². The van der Waals surface area contributed by atoms with Gasteiger partial charge in [0.05, 0.1) is 4.83 Å². The van der Waals surface area contributed by atoms with Crippen LogP contribution < -0.4 is 0 Å². The summed E-state index contributed by atoms with van der Waals surface area (Å²) in [5.41, 5.74) is 2.62. The molecule has 0 fully saturated rings. The molecule has 1 aromatic rings. The van der Waals surface area contributed by atoms with Crippen LogP contribution in [0.1, 0.15) is 25.8 Å². The van der Waals surface area contributed by atoms with Crippen LogP contribution in [0.5, 0.6) is 0 Å². The third-order valence-electron chi connectivity index (χ3n) is 3.49. The predicted molar refractivity (Wildman–Crippen MR) is 83.2 cm³/mol. The minimum Gasteiger partial charge on any atom is -0.338 e. The third kappa shape index (κ3) is 3.47. The zero-order valence-electron chi connectivity index (χ0n) is 11.5. The molecule has 0 spiro atoms. The summed E-state index contributed by atoms with van der Waals surface area (Å²) >= 11 is 3.49. The van der Waals surface area contributed by atoms with Gasteiger partial charge in [0.25, 0.3) is 0 Å². The summed E-state index contributed by atoms with van der Waals surface area (Å²) in [6.07, 6.45) is 3.12. The molecule has 1 aliphatic rings. The Bertz CT molecular complexity index is 467. The molecule has 2 nitrogen and oxygen atoms in total. The Hall–Kier alpha value is -1.09. The van der Waals surface area contributed by atoms with Gasteiger partial charge >= 0.3 is 0 Å². The summed E-state index contributed by atoms with van der Waals surface area (Å²) in [6.45, 7) is 5.66. The van der Waals surface area contributed by atoms with Crippen molar-refractivity contribution in [2.24, 2.45) is 5.92 Å². The van der Waals surface area contributed by atoms with Gasteiger partial charge in [-0.25, -0.2) is 0 Å². The van der Waals surface area contributed by atoms with Gasteiger partial charge < -0.3 is 4.90 Å². The monoisotopic (exact) mass is 321 g/mol. The molecule has 0 saturated heterocycles. The van der Waals surface area contributed by atoms with E-state index < -0.39 is 0 Å². The SMILES string of the molecule is CC(C)C(Br)C(=O)N1CC=C(c2ccccc2)CC1. The first-order valence-corrected chi connectivity index (χ1v) is 7.68. The lowest BCUT2D eigenvalue weighted by Gasteiger charge is -2.29. The van der Waals surface area contributed by atoms with Crippen LogP contribution in [-0.2, 0) is 4.79 Å². The van der Waals surface area contributed by atoms with Crippen molar-refractivity contribution in [3.8, 4) is 0 Å². The number of amides is 1. The molecule has 102 valence electrons. The van der Waals surface area contributed by atoms with Crippen molar-refractivity contribution >= 4 is 27.4 Å². The van der Waals surface area contributed by atoms with Gasteiger partial charge in [-0.15, -0.1) is 0 Å². The van der Waals surface area contributed by atoms with E-state index in [1.165, 1.54) is 11.1 Å². The Morgan fingerprint density at radius 1 is 1.26 bits per heavy atom. The van der Waals surface area contributed by atoms with Crippen LogP contribution in [0.15, 0.2) is 36.4 Å². The molecule has 1 heterocycles. The van der Waals surface area contributed by atoms with Gasteiger partial charge in [-0.1, -0.05) is 66.2 Å². The number of hydrogen-bond donors (Lipinski definition) is 0. The molecule has 0 aromatic heterocycles. The first-order valence-electron chi connectivity index (χ1n) is 6.77. The number of halogens is 1. The highest BCUT2D eigenvalue weighted by molar-refractivity contribution is 9.10. The summed E-state index contributed by atoms with van der Waals surface area (Å²) in [5.74, 6) is 0.533. The maximum atomic E-state index is 12.2. The Labute approximate surface area is 123 Å². The van der Waals surface area contributed by atoms with Crippen LogP contribution in [0.4, 0.5) is 0 Å². The molecule has 0 N–H and O–H groups in total. The Kier molecular flexibility index (Phi) is 4.81. The van der Waals surface area contributed by atoms with E-state index in [0.717, 1.165) is 19.5 Å². The van der Waals surface area contributed by atoms with Crippen molar-refractivity contribution in [2.45, 2.75) is 25.1 Å². The van der Waals surface area contributed by atoms with E-state index in [9.17, 15) is 4.79 Å². The standard InChI is InChI=1S/C16H20BrNO/c1-12(2)15(17)16(19)18-10-8-14(9-11-18)13-6-4-3-5-7-13/h3-8,12,15H,9-11H2,1-2H3. The summed E-state index contributed by atoms with van der Waals surface area (Å²) in [5, 5.41) is 0. The highest BCUT2D eigenvalue weighted by Gasteiger charge is 2.25. The van der Waals surface area contributed by atoms with Crippen molar-refractivity contribution in [2.75, 3.05) is 13.1 Å². The Morgan fingerprint density at radius 3 is 2.47 bits per heavy atom. The van der Waals surface area contributed by atoms with Gasteiger partial charge in [-0.3, -0.25) is 4.79 Å². The Morgan fingerprint density at radius 2 is 1.95 bits per heavy atom. The van der Waals surface area contributed by atoms with Crippen molar-refractivity contribution in [1.29, 1.82) is 0 Å². The summed E-state index contributed by atoms with van der Waals surface area (Å²) in [7, 11) is 0. The summed E-state index contributed by atoms with van der Waals surface area (Å²) in [4.78, 5) is 14.1. The number of carbonyl (C=O) groups is 1. The minimum absolute atomic E-state index is 0.0702. The highest BCUT2D eigenvalue weighted by atomic mass is 79.9. The molecule has 0 radical (unpaired) electrons. The van der Waals surface area contributed by atoms with Crippen LogP contribution in [0.3, 0.4) is 0 Å². The van der Waals surface area contributed by atoms with E-state index in [-0.39, 0.29) is 10.7 Å². The van der Waals surface area contributed by atoms with E-state index in [4.69, 9.17) is 0 Å². The number of alkyl halides is 1. The second-order valence-corrected chi connectivity index (χ2v) is 6.26. The fourth-order valence-corrected chi connectivity index (χ4v) is 2.53. The second-order valence-electron chi connectivity index (χ2n) is 5.28. The van der Waals surface area contributed by atoms with Gasteiger partial charge in [0.2, 0.25) is 5.91 Å². The fraction of sp³-hybridized carbons (Fsp3) is 0.438. The average Bonchev–Trinajstić information content (AvgIpc) is 2.46. The zero-order valence-corrected chi connectivity index (χ0v) is 13.1. The molecule has 1 amide bonds. The molecule has 0 saturated carbocycles. The largest absolute Gasteiger partial charge is 0.338 e. The minimum atomic E-state index is -0.0702. The van der Waals surface area contributed by atoms with Crippen molar-refractivity contribution in [1.82, 2.24) is 4.90 Å². The normalized spacial score (nSPS) is 17.3. The van der Waals surface area contributed by atoms with Gasteiger partial charge in [0.15, 0.2) is 0 Å². The first kappa shape index (κ1) is 14.3. The van der Waals surface area contributed by atoms with Crippen molar-refractivity contribution < 1.29 is 4.79 Å². The number of benzene rings is 1. The highest BCUT2D eigenvalue weighted by Crippen LogP contribution is 2.24.